The highest BCUT2D eigenvalue weighted by Gasteiger charge is 2.47. The van der Waals surface area contributed by atoms with Crippen molar-refractivity contribution < 1.29 is 0 Å². The minimum atomic E-state index is 0.223. The monoisotopic (exact) mass is 214 g/mol. The fourth-order valence-electron chi connectivity index (χ4n) is 2.81. The molecule has 2 bridgehead atoms. The van der Waals surface area contributed by atoms with E-state index in [1.165, 1.54) is 25.1 Å². The lowest BCUT2D eigenvalue weighted by molar-refractivity contribution is 0.0727. The van der Waals surface area contributed by atoms with Crippen LogP contribution in [0, 0.1) is 0 Å². The molecule has 2 rings (SSSR count). The molecule has 0 radical (unpaired) electrons. The van der Waals surface area contributed by atoms with Crippen LogP contribution in [0.3, 0.4) is 0 Å². The van der Waals surface area contributed by atoms with Crippen LogP contribution >= 0.6 is 11.8 Å². The van der Waals surface area contributed by atoms with Crippen LogP contribution in [0.15, 0.2) is 0 Å². The first-order chi connectivity index (χ1) is 6.58. The van der Waals surface area contributed by atoms with Crippen LogP contribution in [-0.4, -0.2) is 40.1 Å². The second-order valence-corrected chi connectivity index (χ2v) is 6.33. The molecule has 3 heteroatoms. The number of nitrogens with zero attached hydrogens (tertiary/aromatic N) is 1. The van der Waals surface area contributed by atoms with E-state index in [1.807, 2.05) is 0 Å². The molecule has 2 saturated heterocycles. The van der Waals surface area contributed by atoms with Crippen molar-refractivity contribution in [3.05, 3.63) is 0 Å². The van der Waals surface area contributed by atoms with Gasteiger partial charge in [0.1, 0.15) is 0 Å². The Bertz CT molecular complexity index is 219. The smallest absolute Gasteiger partial charge is 0.0330 e. The fourth-order valence-corrected chi connectivity index (χ4v) is 4.25. The first kappa shape index (κ1) is 10.8. The molecule has 0 spiro atoms. The summed E-state index contributed by atoms with van der Waals surface area (Å²) >= 11 is 2.15. The number of hydrogen-bond donors (Lipinski definition) is 1. The summed E-state index contributed by atoms with van der Waals surface area (Å²) in [6.07, 6.45) is 2.56. The van der Waals surface area contributed by atoms with Gasteiger partial charge >= 0.3 is 0 Å². The Labute approximate surface area is 91.6 Å². The highest BCUT2D eigenvalue weighted by atomic mass is 32.2. The maximum absolute atomic E-state index is 6.14. The Morgan fingerprint density at radius 1 is 1.64 bits per heavy atom. The molecule has 0 aromatic rings. The SMILES string of the molecule is CCC(C)(C(C)N)N1CC2CC1CS2. The van der Waals surface area contributed by atoms with Crippen molar-refractivity contribution in [2.24, 2.45) is 5.73 Å². The van der Waals surface area contributed by atoms with Crippen LogP contribution in [0.2, 0.25) is 0 Å². The molecule has 14 heavy (non-hydrogen) atoms. The maximum Gasteiger partial charge on any atom is 0.0330 e. The lowest BCUT2D eigenvalue weighted by Gasteiger charge is -2.46. The van der Waals surface area contributed by atoms with Crippen LogP contribution in [0.25, 0.3) is 0 Å². The number of hydrogen-bond acceptors (Lipinski definition) is 3. The van der Waals surface area contributed by atoms with E-state index in [0.717, 1.165) is 11.3 Å². The third kappa shape index (κ3) is 1.50. The van der Waals surface area contributed by atoms with E-state index in [2.05, 4.69) is 37.4 Å². The molecule has 0 aliphatic carbocycles. The van der Waals surface area contributed by atoms with Gasteiger partial charge in [-0.15, -0.1) is 0 Å². The summed E-state index contributed by atoms with van der Waals surface area (Å²) < 4.78 is 0. The molecule has 2 aliphatic rings. The summed E-state index contributed by atoms with van der Waals surface area (Å²) in [4.78, 5) is 2.68. The van der Waals surface area contributed by atoms with E-state index in [0.29, 0.717) is 0 Å². The molecule has 2 fully saturated rings. The molecule has 4 atom stereocenters. The third-order valence-electron chi connectivity index (χ3n) is 4.25. The zero-order valence-corrected chi connectivity index (χ0v) is 10.3. The standard InChI is InChI=1S/C11H22N2S/c1-4-11(3,8(2)12)13-6-10-5-9(13)7-14-10/h8-10H,4-7,12H2,1-3H3. The van der Waals surface area contributed by atoms with Gasteiger partial charge in [0.25, 0.3) is 0 Å². The van der Waals surface area contributed by atoms with E-state index in [4.69, 9.17) is 5.73 Å². The number of rotatable bonds is 3. The van der Waals surface area contributed by atoms with Gasteiger partial charge in [0, 0.05) is 35.2 Å². The summed E-state index contributed by atoms with van der Waals surface area (Å²) in [5.41, 5.74) is 6.37. The van der Waals surface area contributed by atoms with Gasteiger partial charge in [-0.1, -0.05) is 6.92 Å². The Hall–Kier alpha value is 0.270. The van der Waals surface area contributed by atoms with Crippen molar-refractivity contribution >= 4 is 11.8 Å². The van der Waals surface area contributed by atoms with E-state index < -0.39 is 0 Å². The number of thioether (sulfide) groups is 1. The average Bonchev–Trinajstić information content (AvgIpc) is 2.77. The summed E-state index contributed by atoms with van der Waals surface area (Å²) in [7, 11) is 0. The van der Waals surface area contributed by atoms with E-state index in [9.17, 15) is 0 Å². The molecule has 2 aliphatic heterocycles. The van der Waals surface area contributed by atoms with Gasteiger partial charge in [0.05, 0.1) is 0 Å². The summed E-state index contributed by atoms with van der Waals surface area (Å²) in [6, 6.07) is 1.08. The zero-order valence-electron chi connectivity index (χ0n) is 9.49. The van der Waals surface area contributed by atoms with Crippen molar-refractivity contribution in [1.29, 1.82) is 0 Å². The van der Waals surface area contributed by atoms with Crippen LogP contribution in [0.4, 0.5) is 0 Å². The number of likely N-dealkylation sites (tertiary alicyclic amines) is 1. The summed E-state index contributed by atoms with van der Waals surface area (Å²) in [5.74, 6) is 1.33. The highest BCUT2D eigenvalue weighted by Crippen LogP contribution is 2.42. The maximum atomic E-state index is 6.14. The molecule has 0 aromatic carbocycles. The number of nitrogens with two attached hydrogens (primary N) is 1. The minimum Gasteiger partial charge on any atom is -0.326 e. The fraction of sp³-hybridized carbons (Fsp3) is 1.00. The van der Waals surface area contributed by atoms with Crippen LogP contribution in [0.1, 0.15) is 33.6 Å². The molecule has 82 valence electrons. The van der Waals surface area contributed by atoms with Crippen molar-refractivity contribution in [3.63, 3.8) is 0 Å². The third-order valence-corrected chi connectivity index (χ3v) is 5.64. The topological polar surface area (TPSA) is 29.3 Å². The zero-order chi connectivity index (χ0) is 10.3. The average molecular weight is 214 g/mol. The van der Waals surface area contributed by atoms with Crippen molar-refractivity contribution in [2.45, 2.75) is 56.5 Å². The van der Waals surface area contributed by atoms with Gasteiger partial charge in [0.15, 0.2) is 0 Å². The Balaban J connectivity index is 2.13. The van der Waals surface area contributed by atoms with Crippen molar-refractivity contribution in [3.8, 4) is 0 Å². The van der Waals surface area contributed by atoms with E-state index in [1.54, 1.807) is 0 Å². The first-order valence-electron chi connectivity index (χ1n) is 5.72. The lowest BCUT2D eigenvalue weighted by atomic mass is 9.88. The van der Waals surface area contributed by atoms with Gasteiger partial charge in [-0.2, -0.15) is 11.8 Å². The largest absolute Gasteiger partial charge is 0.326 e. The number of fused-ring (bicyclic) bond motifs is 2. The highest BCUT2D eigenvalue weighted by molar-refractivity contribution is 8.00. The molecular formula is C11H22N2S. The predicted molar refractivity (Wildman–Crippen MR) is 63.7 cm³/mol. The Morgan fingerprint density at radius 3 is 2.71 bits per heavy atom. The Morgan fingerprint density at radius 2 is 2.36 bits per heavy atom. The molecule has 0 amide bonds. The van der Waals surface area contributed by atoms with Gasteiger partial charge in [0.2, 0.25) is 0 Å². The molecule has 0 saturated carbocycles. The Kier molecular flexibility index (Phi) is 2.84. The predicted octanol–water partition coefficient (Wildman–Crippen LogP) is 1.69. The van der Waals surface area contributed by atoms with E-state index >= 15 is 0 Å². The first-order valence-corrected chi connectivity index (χ1v) is 6.76. The van der Waals surface area contributed by atoms with Gasteiger partial charge in [-0.25, -0.2) is 0 Å². The lowest BCUT2D eigenvalue weighted by Crippen LogP contribution is -2.59. The van der Waals surface area contributed by atoms with Gasteiger partial charge in [-0.3, -0.25) is 4.90 Å². The molecular weight excluding hydrogens is 192 g/mol. The summed E-state index contributed by atoms with van der Waals surface area (Å²) in [6.45, 7) is 8.02. The molecule has 2 nitrogen and oxygen atoms in total. The minimum absolute atomic E-state index is 0.223. The van der Waals surface area contributed by atoms with E-state index in [-0.39, 0.29) is 11.6 Å². The molecule has 4 unspecified atom stereocenters. The molecule has 0 aromatic heterocycles. The van der Waals surface area contributed by atoms with Crippen LogP contribution in [0.5, 0.6) is 0 Å². The second-order valence-electron chi connectivity index (χ2n) is 5.00. The van der Waals surface area contributed by atoms with Gasteiger partial charge in [-0.05, 0) is 26.7 Å². The normalized spacial score (nSPS) is 38.6. The molecule has 2 heterocycles. The van der Waals surface area contributed by atoms with Crippen molar-refractivity contribution in [2.75, 3.05) is 12.3 Å². The van der Waals surface area contributed by atoms with Crippen molar-refractivity contribution in [1.82, 2.24) is 4.90 Å². The second kappa shape index (κ2) is 3.69. The summed E-state index contributed by atoms with van der Waals surface area (Å²) in [5, 5.41) is 0.893. The van der Waals surface area contributed by atoms with Crippen LogP contribution in [-0.2, 0) is 0 Å². The molecule has 2 N–H and O–H groups in total. The van der Waals surface area contributed by atoms with Crippen LogP contribution < -0.4 is 5.73 Å². The quantitative estimate of drug-likeness (QED) is 0.775. The van der Waals surface area contributed by atoms with Gasteiger partial charge < -0.3 is 5.73 Å².